The molecule has 1 aromatic heterocycles. The third-order valence-electron chi connectivity index (χ3n) is 3.03. The van der Waals surface area contributed by atoms with Gasteiger partial charge < -0.3 is 19.9 Å². The number of amides is 1. The molecule has 0 saturated carbocycles. The van der Waals surface area contributed by atoms with Crippen molar-refractivity contribution in [1.29, 1.82) is 0 Å². The highest BCUT2D eigenvalue weighted by atomic mass is 16.3. The highest BCUT2D eigenvalue weighted by Crippen LogP contribution is 2.26. The van der Waals surface area contributed by atoms with Crippen LogP contribution in [0.3, 0.4) is 0 Å². The quantitative estimate of drug-likeness (QED) is 0.782. The second-order valence-corrected chi connectivity index (χ2v) is 4.66. The number of aromatic hydroxyl groups is 2. The van der Waals surface area contributed by atoms with Gasteiger partial charge in [0, 0.05) is 12.5 Å². The molecule has 0 fully saturated rings. The molecular weight excluding hydrogens is 258 g/mol. The minimum absolute atomic E-state index is 0.0997. The van der Waals surface area contributed by atoms with Crippen LogP contribution in [0.1, 0.15) is 29.5 Å². The van der Waals surface area contributed by atoms with Crippen molar-refractivity contribution in [3.63, 3.8) is 0 Å². The van der Waals surface area contributed by atoms with Crippen molar-refractivity contribution in [2.75, 3.05) is 0 Å². The summed E-state index contributed by atoms with van der Waals surface area (Å²) in [5, 5.41) is 22.0. The molecule has 5 heteroatoms. The van der Waals surface area contributed by atoms with E-state index in [0.717, 1.165) is 5.76 Å². The monoisotopic (exact) mass is 275 g/mol. The van der Waals surface area contributed by atoms with Gasteiger partial charge >= 0.3 is 0 Å². The number of furan rings is 1. The summed E-state index contributed by atoms with van der Waals surface area (Å²) in [6.07, 6.45) is 3.02. The smallest absolute Gasteiger partial charge is 0.259 e. The highest BCUT2D eigenvalue weighted by Gasteiger charge is 2.17. The molecule has 0 aliphatic heterocycles. The molecule has 1 aromatic carbocycles. The van der Waals surface area contributed by atoms with E-state index in [4.69, 9.17) is 4.42 Å². The van der Waals surface area contributed by atoms with Crippen LogP contribution >= 0.6 is 0 Å². The Morgan fingerprint density at radius 1 is 1.25 bits per heavy atom. The minimum atomic E-state index is -0.493. The Morgan fingerprint density at radius 2 is 1.95 bits per heavy atom. The maximum absolute atomic E-state index is 12.0. The number of phenols is 2. The maximum Gasteiger partial charge on any atom is 0.259 e. The standard InChI is InChI=1S/C15H17NO4/c1-10(7-8-11-4-3-9-20-11)16-15(19)14-12(17)5-2-6-13(14)18/h2-6,9-10,17-18H,7-8H2,1H3,(H,16,19). The molecule has 0 aliphatic rings. The number of carbonyl (C=O) groups excluding carboxylic acids is 1. The molecule has 0 aliphatic carbocycles. The zero-order valence-corrected chi connectivity index (χ0v) is 11.2. The Kier molecular flexibility index (Phi) is 4.30. The third kappa shape index (κ3) is 3.32. The van der Waals surface area contributed by atoms with Crippen LogP contribution in [0.15, 0.2) is 41.0 Å². The van der Waals surface area contributed by atoms with Gasteiger partial charge in [-0.2, -0.15) is 0 Å². The third-order valence-corrected chi connectivity index (χ3v) is 3.03. The van der Waals surface area contributed by atoms with Crippen LogP contribution in [-0.2, 0) is 6.42 Å². The largest absolute Gasteiger partial charge is 0.507 e. The fourth-order valence-electron chi connectivity index (χ4n) is 1.94. The van der Waals surface area contributed by atoms with Gasteiger partial charge in [-0.15, -0.1) is 0 Å². The van der Waals surface area contributed by atoms with E-state index < -0.39 is 5.91 Å². The van der Waals surface area contributed by atoms with Crippen molar-refractivity contribution in [3.05, 3.63) is 47.9 Å². The highest BCUT2D eigenvalue weighted by molar-refractivity contribution is 5.99. The van der Waals surface area contributed by atoms with E-state index >= 15 is 0 Å². The van der Waals surface area contributed by atoms with E-state index in [9.17, 15) is 15.0 Å². The topological polar surface area (TPSA) is 82.7 Å². The fourth-order valence-corrected chi connectivity index (χ4v) is 1.94. The lowest BCUT2D eigenvalue weighted by Crippen LogP contribution is -2.32. The lowest BCUT2D eigenvalue weighted by molar-refractivity contribution is 0.0932. The minimum Gasteiger partial charge on any atom is -0.507 e. The van der Waals surface area contributed by atoms with Crippen molar-refractivity contribution in [2.24, 2.45) is 0 Å². The Morgan fingerprint density at radius 3 is 2.55 bits per heavy atom. The first-order valence-electron chi connectivity index (χ1n) is 6.42. The van der Waals surface area contributed by atoms with Crippen molar-refractivity contribution in [3.8, 4) is 11.5 Å². The van der Waals surface area contributed by atoms with Gasteiger partial charge in [-0.1, -0.05) is 6.07 Å². The van der Waals surface area contributed by atoms with Gasteiger partial charge in [0.15, 0.2) is 0 Å². The summed E-state index contributed by atoms with van der Waals surface area (Å²) in [5.41, 5.74) is -0.0997. The number of hydrogen-bond donors (Lipinski definition) is 3. The number of nitrogens with one attached hydrogen (secondary N) is 1. The van der Waals surface area contributed by atoms with Gasteiger partial charge in [0.2, 0.25) is 0 Å². The van der Waals surface area contributed by atoms with Gasteiger partial charge in [0.05, 0.1) is 6.26 Å². The molecule has 2 rings (SSSR count). The zero-order chi connectivity index (χ0) is 14.5. The molecule has 0 spiro atoms. The van der Waals surface area contributed by atoms with E-state index in [1.807, 2.05) is 19.1 Å². The molecule has 0 bridgehead atoms. The summed E-state index contributed by atoms with van der Waals surface area (Å²) in [5.74, 6) is -0.106. The number of rotatable bonds is 5. The van der Waals surface area contributed by atoms with E-state index in [1.54, 1.807) is 6.26 Å². The second kappa shape index (κ2) is 6.14. The molecule has 106 valence electrons. The summed E-state index contributed by atoms with van der Waals surface area (Å²) in [4.78, 5) is 12.0. The molecular formula is C15H17NO4. The van der Waals surface area contributed by atoms with Gasteiger partial charge in [-0.3, -0.25) is 4.79 Å². The molecule has 1 amide bonds. The van der Waals surface area contributed by atoms with Crippen LogP contribution in [0.4, 0.5) is 0 Å². The van der Waals surface area contributed by atoms with Gasteiger partial charge in [0.25, 0.3) is 5.91 Å². The predicted molar refractivity (Wildman–Crippen MR) is 73.7 cm³/mol. The summed E-state index contributed by atoms with van der Waals surface area (Å²) >= 11 is 0. The Bertz CT molecular complexity index is 557. The van der Waals surface area contributed by atoms with Crippen LogP contribution in [0.25, 0.3) is 0 Å². The molecule has 20 heavy (non-hydrogen) atoms. The molecule has 2 aromatic rings. The van der Waals surface area contributed by atoms with Crippen molar-refractivity contribution < 1.29 is 19.4 Å². The number of carbonyl (C=O) groups is 1. The number of benzene rings is 1. The lowest BCUT2D eigenvalue weighted by Gasteiger charge is -2.14. The van der Waals surface area contributed by atoms with E-state index in [1.165, 1.54) is 18.2 Å². The average molecular weight is 275 g/mol. The van der Waals surface area contributed by atoms with E-state index in [2.05, 4.69) is 5.32 Å². The van der Waals surface area contributed by atoms with Crippen molar-refractivity contribution >= 4 is 5.91 Å². The summed E-state index contributed by atoms with van der Waals surface area (Å²) in [7, 11) is 0. The fraction of sp³-hybridized carbons (Fsp3) is 0.267. The first-order valence-corrected chi connectivity index (χ1v) is 6.42. The van der Waals surface area contributed by atoms with E-state index in [0.29, 0.717) is 12.8 Å². The molecule has 0 saturated heterocycles. The molecule has 1 unspecified atom stereocenters. The SMILES string of the molecule is CC(CCc1ccco1)NC(=O)c1c(O)cccc1O. The van der Waals surface area contributed by atoms with Crippen molar-refractivity contribution in [2.45, 2.75) is 25.8 Å². The summed E-state index contributed by atoms with van der Waals surface area (Å²) < 4.78 is 5.22. The lowest BCUT2D eigenvalue weighted by atomic mass is 10.1. The number of hydrogen-bond acceptors (Lipinski definition) is 4. The van der Waals surface area contributed by atoms with Crippen molar-refractivity contribution in [1.82, 2.24) is 5.32 Å². The first-order chi connectivity index (χ1) is 9.58. The Balaban J connectivity index is 1.93. The molecule has 3 N–H and O–H groups in total. The van der Waals surface area contributed by atoms with Crippen LogP contribution in [0.5, 0.6) is 11.5 Å². The molecule has 1 heterocycles. The van der Waals surface area contributed by atoms with Gasteiger partial charge in [-0.05, 0) is 37.6 Å². The Labute approximate surface area is 116 Å². The zero-order valence-electron chi connectivity index (χ0n) is 11.2. The van der Waals surface area contributed by atoms with Crippen LogP contribution in [0.2, 0.25) is 0 Å². The normalized spacial score (nSPS) is 12.1. The van der Waals surface area contributed by atoms with Crippen LogP contribution < -0.4 is 5.32 Å². The number of aryl methyl sites for hydroxylation is 1. The van der Waals surface area contributed by atoms with Crippen LogP contribution in [-0.4, -0.2) is 22.2 Å². The molecule has 0 radical (unpaired) electrons. The van der Waals surface area contributed by atoms with E-state index in [-0.39, 0.29) is 23.1 Å². The number of phenolic OH excluding ortho intramolecular Hbond substituents is 2. The summed E-state index contributed by atoms with van der Waals surface area (Å²) in [6, 6.07) is 7.79. The van der Waals surface area contributed by atoms with Crippen LogP contribution in [0, 0.1) is 0 Å². The molecule has 5 nitrogen and oxygen atoms in total. The predicted octanol–water partition coefficient (Wildman–Crippen LogP) is 2.44. The maximum atomic E-state index is 12.0. The Hall–Kier alpha value is -2.43. The van der Waals surface area contributed by atoms with Gasteiger partial charge in [0.1, 0.15) is 22.8 Å². The van der Waals surface area contributed by atoms with Gasteiger partial charge in [-0.25, -0.2) is 0 Å². The molecule has 1 atom stereocenters. The second-order valence-electron chi connectivity index (χ2n) is 4.66. The average Bonchev–Trinajstić information content (AvgIpc) is 2.89. The summed E-state index contributed by atoms with van der Waals surface area (Å²) in [6.45, 7) is 1.86. The first kappa shape index (κ1) is 14.0.